The van der Waals surface area contributed by atoms with Crippen molar-refractivity contribution < 1.29 is 9.50 Å². The number of rotatable bonds is 3. The van der Waals surface area contributed by atoms with Crippen LogP contribution >= 0.6 is 0 Å². The van der Waals surface area contributed by atoms with E-state index in [-0.39, 0.29) is 5.82 Å². The Bertz CT molecular complexity index is 1050. The zero-order valence-electron chi connectivity index (χ0n) is 13.7. The molecule has 0 aliphatic rings. The van der Waals surface area contributed by atoms with E-state index < -0.39 is 6.10 Å². The van der Waals surface area contributed by atoms with Gasteiger partial charge in [0.1, 0.15) is 11.5 Å². The molecule has 0 fully saturated rings. The summed E-state index contributed by atoms with van der Waals surface area (Å²) in [6.45, 7) is 1.75. The van der Waals surface area contributed by atoms with Crippen molar-refractivity contribution in [1.82, 2.24) is 9.38 Å². The van der Waals surface area contributed by atoms with Crippen molar-refractivity contribution in [1.29, 1.82) is 0 Å². The summed E-state index contributed by atoms with van der Waals surface area (Å²) < 4.78 is 15.4. The quantitative estimate of drug-likeness (QED) is 0.582. The molecule has 2 heterocycles. The lowest BCUT2D eigenvalue weighted by atomic mass is 10.0. The van der Waals surface area contributed by atoms with E-state index in [1.165, 1.54) is 12.1 Å². The van der Waals surface area contributed by atoms with Gasteiger partial charge in [0.15, 0.2) is 0 Å². The van der Waals surface area contributed by atoms with Crippen LogP contribution in [0.5, 0.6) is 0 Å². The number of hydrogen-bond donors (Lipinski definition) is 1. The van der Waals surface area contributed by atoms with Crippen LogP contribution in [0, 0.1) is 5.82 Å². The van der Waals surface area contributed by atoms with Crippen molar-refractivity contribution in [3.63, 3.8) is 0 Å². The fourth-order valence-electron chi connectivity index (χ4n) is 2.93. The Morgan fingerprint density at radius 3 is 2.52 bits per heavy atom. The Morgan fingerprint density at radius 1 is 0.920 bits per heavy atom. The number of nitrogens with zero attached hydrogens (tertiary/aromatic N) is 2. The first-order valence-electron chi connectivity index (χ1n) is 8.13. The van der Waals surface area contributed by atoms with E-state index in [1.807, 2.05) is 59.3 Å². The van der Waals surface area contributed by atoms with Gasteiger partial charge in [0.2, 0.25) is 0 Å². The van der Waals surface area contributed by atoms with Crippen molar-refractivity contribution in [3.05, 3.63) is 84.4 Å². The summed E-state index contributed by atoms with van der Waals surface area (Å²) in [5.41, 5.74) is 5.22. The third kappa shape index (κ3) is 3.04. The Hall–Kier alpha value is -2.98. The number of aliphatic hydroxyl groups excluding tert-OH is 1. The second-order valence-electron chi connectivity index (χ2n) is 6.12. The minimum atomic E-state index is -0.503. The molecular weight excluding hydrogens is 315 g/mol. The summed E-state index contributed by atoms with van der Waals surface area (Å²) in [6, 6.07) is 18.2. The van der Waals surface area contributed by atoms with E-state index in [0.29, 0.717) is 0 Å². The monoisotopic (exact) mass is 332 g/mol. The van der Waals surface area contributed by atoms with Crippen molar-refractivity contribution >= 4 is 5.65 Å². The van der Waals surface area contributed by atoms with Gasteiger partial charge in [-0.25, -0.2) is 9.37 Å². The van der Waals surface area contributed by atoms with Gasteiger partial charge >= 0.3 is 0 Å². The molecule has 4 heteroatoms. The van der Waals surface area contributed by atoms with Crippen molar-refractivity contribution in [2.45, 2.75) is 13.0 Å². The van der Waals surface area contributed by atoms with Crippen LogP contribution in [0.1, 0.15) is 18.6 Å². The summed E-state index contributed by atoms with van der Waals surface area (Å²) in [7, 11) is 0. The molecule has 124 valence electrons. The second-order valence-corrected chi connectivity index (χ2v) is 6.12. The van der Waals surface area contributed by atoms with Crippen LogP contribution in [-0.4, -0.2) is 14.5 Å². The van der Waals surface area contributed by atoms with E-state index >= 15 is 0 Å². The number of aliphatic hydroxyl groups is 1. The lowest BCUT2D eigenvalue weighted by molar-refractivity contribution is 0.199. The average molecular weight is 332 g/mol. The third-order valence-corrected chi connectivity index (χ3v) is 4.27. The van der Waals surface area contributed by atoms with E-state index in [0.717, 1.165) is 33.6 Å². The van der Waals surface area contributed by atoms with Gasteiger partial charge in [-0.2, -0.15) is 0 Å². The SMILES string of the molecule is CC(O)c1cccc(-c2ccc3nc(-c4cccc(F)c4)cn3c2)c1. The molecule has 2 aromatic carbocycles. The lowest BCUT2D eigenvalue weighted by Gasteiger charge is -2.08. The normalized spacial score (nSPS) is 12.4. The highest BCUT2D eigenvalue weighted by Crippen LogP contribution is 2.25. The van der Waals surface area contributed by atoms with Crippen molar-refractivity contribution in [2.75, 3.05) is 0 Å². The first kappa shape index (κ1) is 15.5. The first-order valence-corrected chi connectivity index (χ1v) is 8.13. The van der Waals surface area contributed by atoms with Gasteiger partial charge in [0, 0.05) is 18.0 Å². The number of imidazole rings is 1. The maximum atomic E-state index is 13.4. The molecule has 0 spiro atoms. The molecule has 1 N–H and O–H groups in total. The number of fused-ring (bicyclic) bond motifs is 1. The van der Waals surface area contributed by atoms with Crippen LogP contribution in [0.3, 0.4) is 0 Å². The molecule has 0 aliphatic carbocycles. The molecule has 4 aromatic rings. The fourth-order valence-corrected chi connectivity index (χ4v) is 2.93. The standard InChI is InChI=1S/C21H17FN2O/c1-14(25)15-4-2-5-16(10-15)18-8-9-21-23-20(13-24(21)12-18)17-6-3-7-19(22)11-17/h2-14,25H,1H3. The van der Waals surface area contributed by atoms with Gasteiger partial charge in [-0.1, -0.05) is 30.3 Å². The summed E-state index contributed by atoms with van der Waals surface area (Å²) in [5, 5.41) is 9.77. The van der Waals surface area contributed by atoms with Crippen LogP contribution < -0.4 is 0 Å². The average Bonchev–Trinajstić information content (AvgIpc) is 3.05. The molecule has 3 nitrogen and oxygen atoms in total. The molecule has 0 aliphatic heterocycles. The highest BCUT2D eigenvalue weighted by molar-refractivity contribution is 5.68. The first-order chi connectivity index (χ1) is 12.1. The third-order valence-electron chi connectivity index (χ3n) is 4.27. The minimum absolute atomic E-state index is 0.273. The Kier molecular flexibility index (Phi) is 3.82. The molecule has 0 saturated heterocycles. The number of aromatic nitrogens is 2. The molecule has 4 rings (SSSR count). The molecule has 0 saturated carbocycles. The molecule has 0 radical (unpaired) electrons. The van der Waals surface area contributed by atoms with Crippen LogP contribution in [0.15, 0.2) is 73.1 Å². The van der Waals surface area contributed by atoms with Crippen LogP contribution in [0.2, 0.25) is 0 Å². The van der Waals surface area contributed by atoms with E-state index in [2.05, 4.69) is 4.98 Å². The van der Waals surface area contributed by atoms with E-state index in [9.17, 15) is 9.50 Å². The summed E-state index contributed by atoms with van der Waals surface area (Å²) >= 11 is 0. The Labute approximate surface area is 145 Å². The fraction of sp³-hybridized carbons (Fsp3) is 0.0952. The molecular formula is C21H17FN2O. The van der Waals surface area contributed by atoms with Gasteiger partial charge in [-0.3, -0.25) is 0 Å². The Morgan fingerprint density at radius 2 is 1.72 bits per heavy atom. The molecule has 25 heavy (non-hydrogen) atoms. The molecule has 0 bridgehead atoms. The minimum Gasteiger partial charge on any atom is -0.389 e. The molecule has 1 unspecified atom stereocenters. The summed E-state index contributed by atoms with van der Waals surface area (Å²) in [4.78, 5) is 4.56. The van der Waals surface area contributed by atoms with Crippen LogP contribution in [0.25, 0.3) is 28.0 Å². The van der Waals surface area contributed by atoms with Gasteiger partial charge < -0.3 is 9.51 Å². The predicted molar refractivity (Wildman–Crippen MR) is 96.7 cm³/mol. The number of hydrogen-bond acceptors (Lipinski definition) is 2. The maximum absolute atomic E-state index is 13.4. The van der Waals surface area contributed by atoms with Gasteiger partial charge in [-0.15, -0.1) is 0 Å². The number of pyridine rings is 1. The number of benzene rings is 2. The highest BCUT2D eigenvalue weighted by atomic mass is 19.1. The topological polar surface area (TPSA) is 37.5 Å². The van der Waals surface area contributed by atoms with E-state index in [4.69, 9.17) is 0 Å². The summed E-state index contributed by atoms with van der Waals surface area (Å²) in [5.74, 6) is -0.273. The smallest absolute Gasteiger partial charge is 0.137 e. The van der Waals surface area contributed by atoms with Crippen molar-refractivity contribution in [3.8, 4) is 22.4 Å². The molecule has 0 amide bonds. The van der Waals surface area contributed by atoms with Crippen molar-refractivity contribution in [2.24, 2.45) is 0 Å². The second kappa shape index (κ2) is 6.15. The Balaban J connectivity index is 1.77. The molecule has 1 atom stereocenters. The van der Waals surface area contributed by atoms with Gasteiger partial charge in [0.25, 0.3) is 0 Å². The van der Waals surface area contributed by atoms with Gasteiger partial charge in [0.05, 0.1) is 11.8 Å². The van der Waals surface area contributed by atoms with Crippen LogP contribution in [0.4, 0.5) is 4.39 Å². The van der Waals surface area contributed by atoms with E-state index in [1.54, 1.807) is 13.0 Å². The summed E-state index contributed by atoms with van der Waals surface area (Å²) in [6.07, 6.45) is 3.38. The largest absolute Gasteiger partial charge is 0.389 e. The zero-order chi connectivity index (χ0) is 17.4. The van der Waals surface area contributed by atoms with Gasteiger partial charge in [-0.05, 0) is 53.9 Å². The van der Waals surface area contributed by atoms with Crippen LogP contribution in [-0.2, 0) is 0 Å². The lowest BCUT2D eigenvalue weighted by Crippen LogP contribution is -1.91. The maximum Gasteiger partial charge on any atom is 0.137 e. The molecule has 2 aromatic heterocycles. The number of halogens is 1. The predicted octanol–water partition coefficient (Wildman–Crippen LogP) is 4.86. The highest BCUT2D eigenvalue weighted by Gasteiger charge is 2.08. The zero-order valence-corrected chi connectivity index (χ0v) is 13.7.